The lowest BCUT2D eigenvalue weighted by Crippen LogP contribution is -2.48. The molecule has 3 atom stereocenters. The van der Waals surface area contributed by atoms with Crippen LogP contribution < -0.4 is 5.73 Å². The van der Waals surface area contributed by atoms with Crippen LogP contribution in [-0.4, -0.2) is 63.1 Å². The summed E-state index contributed by atoms with van der Waals surface area (Å²) in [7, 11) is 0. The van der Waals surface area contributed by atoms with Gasteiger partial charge in [-0.3, -0.25) is 0 Å². The van der Waals surface area contributed by atoms with Crippen molar-refractivity contribution in [1.82, 2.24) is 4.90 Å². The van der Waals surface area contributed by atoms with Crippen LogP contribution in [0.1, 0.15) is 18.1 Å². The van der Waals surface area contributed by atoms with Crippen molar-refractivity contribution in [1.29, 1.82) is 0 Å². The number of hydrogen-bond acceptors (Lipinski definition) is 5. The third kappa shape index (κ3) is 5.85. The molecule has 0 aliphatic carbocycles. The van der Waals surface area contributed by atoms with Crippen molar-refractivity contribution in [3.05, 3.63) is 35.9 Å². The van der Waals surface area contributed by atoms with Gasteiger partial charge in [-0.25, -0.2) is 9.59 Å². The van der Waals surface area contributed by atoms with E-state index in [4.69, 9.17) is 21.1 Å². The van der Waals surface area contributed by atoms with Crippen molar-refractivity contribution in [3.63, 3.8) is 0 Å². The molecule has 1 amide bonds. The van der Waals surface area contributed by atoms with Gasteiger partial charge in [0.2, 0.25) is 0 Å². The first kappa shape index (κ1) is 18.9. The average molecular weight is 326 g/mol. The van der Waals surface area contributed by atoms with Crippen LogP contribution in [-0.2, 0) is 4.79 Å². The van der Waals surface area contributed by atoms with E-state index in [1.54, 1.807) is 30.3 Å². The number of carbonyl (C=O) groups is 2. The predicted octanol–water partition coefficient (Wildman–Crippen LogP) is 0.111. The van der Waals surface area contributed by atoms with Gasteiger partial charge in [0.05, 0.1) is 12.6 Å². The van der Waals surface area contributed by atoms with Crippen LogP contribution in [0.15, 0.2) is 30.3 Å². The highest BCUT2D eigenvalue weighted by atomic mass is 16.4. The number of hydrogen-bond donors (Lipinski definition) is 5. The number of nitrogens with zero attached hydrogens (tertiary/aromatic N) is 1. The monoisotopic (exact) mass is 326 g/mol. The summed E-state index contributed by atoms with van der Waals surface area (Å²) in [5.74, 6) is -1.17. The first-order valence-corrected chi connectivity index (χ1v) is 7.18. The number of carboxylic acid groups (broad SMARTS) is 2. The lowest BCUT2D eigenvalue weighted by atomic mass is 9.94. The number of benzene rings is 1. The fourth-order valence-corrected chi connectivity index (χ4v) is 2.21. The normalized spacial score (nSPS) is 21.8. The number of aliphatic hydroxyl groups is 2. The number of aliphatic carboxylic acids is 1. The molecule has 8 nitrogen and oxygen atoms in total. The van der Waals surface area contributed by atoms with E-state index in [0.717, 1.165) is 0 Å². The topological polar surface area (TPSA) is 144 Å². The molecular weight excluding hydrogens is 304 g/mol. The second-order valence-corrected chi connectivity index (χ2v) is 5.23. The van der Waals surface area contributed by atoms with Gasteiger partial charge in [0.25, 0.3) is 0 Å². The van der Waals surface area contributed by atoms with Crippen LogP contribution in [0.2, 0.25) is 0 Å². The zero-order chi connectivity index (χ0) is 17.4. The third-order valence-electron chi connectivity index (χ3n) is 3.64. The number of rotatable bonds is 3. The summed E-state index contributed by atoms with van der Waals surface area (Å²) in [5, 5.41) is 35.4. The van der Waals surface area contributed by atoms with Gasteiger partial charge in [-0.2, -0.15) is 0 Å². The van der Waals surface area contributed by atoms with Gasteiger partial charge in [0, 0.05) is 12.5 Å². The third-order valence-corrected chi connectivity index (χ3v) is 3.64. The Labute approximate surface area is 133 Å². The second-order valence-electron chi connectivity index (χ2n) is 5.23. The van der Waals surface area contributed by atoms with Crippen molar-refractivity contribution in [2.24, 2.45) is 11.7 Å². The van der Waals surface area contributed by atoms with Crippen LogP contribution in [0.3, 0.4) is 0 Å². The Hall–Kier alpha value is -2.16. The van der Waals surface area contributed by atoms with Crippen molar-refractivity contribution in [2.75, 3.05) is 19.6 Å². The summed E-state index contributed by atoms with van der Waals surface area (Å²) in [6.07, 6.45) is -2.31. The molecule has 2 rings (SSSR count). The molecule has 8 heteroatoms. The summed E-state index contributed by atoms with van der Waals surface area (Å²) < 4.78 is 0. The van der Waals surface area contributed by atoms with Gasteiger partial charge in [-0.05, 0) is 18.5 Å². The highest BCUT2D eigenvalue weighted by molar-refractivity contribution is 5.73. The Morgan fingerprint density at radius 1 is 1.26 bits per heavy atom. The second kappa shape index (κ2) is 9.09. The first-order chi connectivity index (χ1) is 10.9. The van der Waals surface area contributed by atoms with Gasteiger partial charge < -0.3 is 31.1 Å². The summed E-state index contributed by atoms with van der Waals surface area (Å²) >= 11 is 0. The van der Waals surface area contributed by atoms with E-state index in [9.17, 15) is 14.7 Å². The summed E-state index contributed by atoms with van der Waals surface area (Å²) in [5.41, 5.74) is 5.79. The van der Waals surface area contributed by atoms with Crippen LogP contribution in [0.5, 0.6) is 0 Å². The maximum atomic E-state index is 10.5. The van der Waals surface area contributed by atoms with E-state index in [0.29, 0.717) is 25.1 Å². The van der Waals surface area contributed by atoms with Crippen LogP contribution in [0.4, 0.5) is 4.79 Å². The molecule has 1 aliphatic heterocycles. The smallest absolute Gasteiger partial charge is 0.407 e. The zero-order valence-corrected chi connectivity index (χ0v) is 12.6. The Balaban J connectivity index is 0.000000231. The number of nitrogens with two attached hydrogens (primary N) is 1. The van der Waals surface area contributed by atoms with E-state index in [1.165, 1.54) is 4.90 Å². The van der Waals surface area contributed by atoms with E-state index < -0.39 is 24.3 Å². The molecule has 1 fully saturated rings. The number of amides is 1. The van der Waals surface area contributed by atoms with Gasteiger partial charge in [-0.1, -0.05) is 30.3 Å². The minimum Gasteiger partial charge on any atom is -0.479 e. The molecule has 1 aromatic carbocycles. The average Bonchev–Trinajstić information content (AvgIpc) is 2.55. The maximum absolute atomic E-state index is 10.5. The highest BCUT2D eigenvalue weighted by Crippen LogP contribution is 2.16. The predicted molar refractivity (Wildman–Crippen MR) is 81.8 cm³/mol. The SMILES string of the molecule is NC[C@@H]1CCN(C(=O)O)C[C@H]1O.O=C(O)C(O)c1ccccc1. The first-order valence-electron chi connectivity index (χ1n) is 7.18. The Kier molecular flexibility index (Phi) is 7.46. The lowest BCUT2D eigenvalue weighted by Gasteiger charge is -2.33. The van der Waals surface area contributed by atoms with Crippen molar-refractivity contribution >= 4 is 12.1 Å². The van der Waals surface area contributed by atoms with E-state index in [2.05, 4.69) is 0 Å². The summed E-state index contributed by atoms with van der Waals surface area (Å²) in [6, 6.07) is 8.26. The molecule has 0 aromatic heterocycles. The molecule has 23 heavy (non-hydrogen) atoms. The fraction of sp³-hybridized carbons (Fsp3) is 0.467. The van der Waals surface area contributed by atoms with Crippen LogP contribution >= 0.6 is 0 Å². The van der Waals surface area contributed by atoms with E-state index in [1.807, 2.05) is 0 Å². The molecule has 0 bridgehead atoms. The largest absolute Gasteiger partial charge is 0.479 e. The Bertz CT molecular complexity index is 510. The molecule has 0 radical (unpaired) electrons. The Morgan fingerprint density at radius 3 is 2.30 bits per heavy atom. The zero-order valence-electron chi connectivity index (χ0n) is 12.6. The minimum atomic E-state index is -1.41. The van der Waals surface area contributed by atoms with E-state index >= 15 is 0 Å². The van der Waals surface area contributed by atoms with Crippen LogP contribution in [0, 0.1) is 5.92 Å². The molecule has 1 aliphatic rings. The number of piperidine rings is 1. The summed E-state index contributed by atoms with van der Waals surface area (Å²) in [4.78, 5) is 21.9. The molecule has 1 saturated heterocycles. The van der Waals surface area contributed by atoms with Crippen LogP contribution in [0.25, 0.3) is 0 Å². The minimum absolute atomic E-state index is 0.0561. The van der Waals surface area contributed by atoms with Gasteiger partial charge in [0.15, 0.2) is 6.10 Å². The van der Waals surface area contributed by atoms with Gasteiger partial charge in [0.1, 0.15) is 0 Å². The molecule has 128 valence electrons. The lowest BCUT2D eigenvalue weighted by molar-refractivity contribution is -0.146. The molecule has 1 aromatic rings. The van der Waals surface area contributed by atoms with Gasteiger partial charge >= 0.3 is 12.1 Å². The molecular formula is C15H22N2O6. The Morgan fingerprint density at radius 2 is 1.87 bits per heavy atom. The van der Waals surface area contributed by atoms with Gasteiger partial charge in [-0.15, -0.1) is 0 Å². The number of likely N-dealkylation sites (tertiary alicyclic amines) is 1. The van der Waals surface area contributed by atoms with E-state index in [-0.39, 0.29) is 12.5 Å². The standard InChI is InChI=1S/C8H8O3.C7H14N2O3/c9-7(8(10)11)6-4-2-1-3-5-6;8-3-5-1-2-9(7(11)12)4-6(5)10/h1-5,7,9H,(H,10,11);5-6,10H,1-4,8H2,(H,11,12)/t;5-,6+/m.0/s1. The fourth-order valence-electron chi connectivity index (χ4n) is 2.21. The molecule has 1 heterocycles. The van der Waals surface area contributed by atoms with Crippen molar-refractivity contribution in [2.45, 2.75) is 18.6 Å². The highest BCUT2D eigenvalue weighted by Gasteiger charge is 2.28. The number of β-amino-alcohol motifs (C(OH)–C–C–N with tert-alkyl or cyclic N) is 1. The number of aliphatic hydroxyl groups excluding tert-OH is 2. The quantitative estimate of drug-likeness (QED) is 0.530. The molecule has 0 saturated carbocycles. The van der Waals surface area contributed by atoms with Crippen molar-refractivity contribution in [3.8, 4) is 0 Å². The summed E-state index contributed by atoms with van der Waals surface area (Å²) in [6.45, 7) is 1.10. The maximum Gasteiger partial charge on any atom is 0.407 e. The molecule has 0 spiro atoms. The van der Waals surface area contributed by atoms with Crippen molar-refractivity contribution < 1.29 is 30.0 Å². The number of carboxylic acids is 1. The molecule has 1 unspecified atom stereocenters. The molecule has 6 N–H and O–H groups in total.